The highest BCUT2D eigenvalue weighted by molar-refractivity contribution is 7.52. The number of anilines is 1. The van der Waals surface area contributed by atoms with Crippen molar-refractivity contribution in [2.75, 3.05) is 12.3 Å². The summed E-state index contributed by atoms with van der Waals surface area (Å²) in [6.45, 7) is 1.64. The zero-order valence-electron chi connectivity index (χ0n) is 12.7. The lowest BCUT2D eigenvalue weighted by Gasteiger charge is -2.20. The first-order valence-corrected chi connectivity index (χ1v) is 8.52. The molecule has 0 amide bonds. The summed E-state index contributed by atoms with van der Waals surface area (Å²) in [4.78, 5) is 29.6. The summed E-state index contributed by atoms with van der Waals surface area (Å²) < 4.78 is 55.2. The number of nitrogen functional groups attached to an aromatic ring is 1. The Morgan fingerprint density at radius 1 is 1.38 bits per heavy atom. The highest BCUT2D eigenvalue weighted by Crippen LogP contribution is 2.50. The number of hydrogen-bond donors (Lipinski definition) is 4. The predicted octanol–water partition coefficient (Wildman–Crippen LogP) is 1.92. The van der Waals surface area contributed by atoms with Gasteiger partial charge in [0.2, 0.25) is 0 Å². The topological polar surface area (TPSA) is 136 Å². The first-order valence-electron chi connectivity index (χ1n) is 6.83. The molecule has 0 heterocycles. The van der Waals surface area contributed by atoms with Crippen LogP contribution in [0.15, 0.2) is 12.1 Å². The van der Waals surface area contributed by atoms with E-state index in [-0.39, 0.29) is 30.6 Å². The molecule has 1 atom stereocenters. The number of rotatable bonds is 6. The van der Waals surface area contributed by atoms with Crippen molar-refractivity contribution in [3.8, 4) is 0 Å². The van der Waals surface area contributed by atoms with Gasteiger partial charge in [-0.3, -0.25) is 9.36 Å². The SMILES string of the molecule is CCOC(=O)CCc1cc(C(N)P(=O)(O)O)c(N)cc1C(F)(F)F. The molecule has 7 nitrogen and oxygen atoms in total. The van der Waals surface area contributed by atoms with Gasteiger partial charge in [0, 0.05) is 17.7 Å². The third-order valence-corrected chi connectivity index (χ3v) is 4.20. The van der Waals surface area contributed by atoms with Gasteiger partial charge in [0.05, 0.1) is 12.2 Å². The van der Waals surface area contributed by atoms with Gasteiger partial charge >= 0.3 is 19.7 Å². The molecule has 11 heteroatoms. The van der Waals surface area contributed by atoms with Crippen LogP contribution in [-0.2, 0) is 26.7 Å². The van der Waals surface area contributed by atoms with Crippen LogP contribution >= 0.6 is 7.60 Å². The number of nitrogens with two attached hydrogens (primary N) is 2. The maximum Gasteiger partial charge on any atom is 0.416 e. The van der Waals surface area contributed by atoms with Crippen LogP contribution in [0.2, 0.25) is 0 Å². The van der Waals surface area contributed by atoms with Crippen LogP contribution in [0.25, 0.3) is 0 Å². The molecule has 0 saturated heterocycles. The van der Waals surface area contributed by atoms with E-state index in [0.717, 1.165) is 6.07 Å². The molecule has 0 aromatic heterocycles. The van der Waals surface area contributed by atoms with E-state index in [9.17, 15) is 22.5 Å². The third kappa shape index (κ3) is 5.20. The van der Waals surface area contributed by atoms with Crippen LogP contribution in [-0.4, -0.2) is 22.4 Å². The summed E-state index contributed by atoms with van der Waals surface area (Å²) in [6.07, 6.45) is -5.41. The number of halogens is 3. The summed E-state index contributed by atoms with van der Waals surface area (Å²) in [5, 5.41) is 0. The summed E-state index contributed by atoms with van der Waals surface area (Å²) in [5.74, 6) is -2.55. The minimum absolute atomic E-state index is 0.0844. The molecule has 0 aliphatic heterocycles. The Balaban J connectivity index is 3.31. The molecular formula is C13H18F3N2O5P. The van der Waals surface area contributed by atoms with Gasteiger partial charge in [-0.2, -0.15) is 13.2 Å². The Labute approximate surface area is 135 Å². The van der Waals surface area contributed by atoms with E-state index in [1.807, 2.05) is 0 Å². The highest BCUT2D eigenvalue weighted by atomic mass is 31.2. The molecule has 24 heavy (non-hydrogen) atoms. The summed E-state index contributed by atoms with van der Waals surface area (Å²) in [6, 6.07) is 1.44. The van der Waals surface area contributed by atoms with Gasteiger partial charge in [0.1, 0.15) is 5.78 Å². The van der Waals surface area contributed by atoms with Gasteiger partial charge in [0.25, 0.3) is 0 Å². The second-order valence-corrected chi connectivity index (χ2v) is 6.71. The van der Waals surface area contributed by atoms with E-state index in [2.05, 4.69) is 4.74 Å². The summed E-state index contributed by atoms with van der Waals surface area (Å²) in [7, 11) is -4.81. The van der Waals surface area contributed by atoms with Gasteiger partial charge in [-0.25, -0.2) is 0 Å². The van der Waals surface area contributed by atoms with Crippen molar-refractivity contribution >= 4 is 19.3 Å². The fraction of sp³-hybridized carbons (Fsp3) is 0.462. The van der Waals surface area contributed by atoms with Crippen LogP contribution in [0.3, 0.4) is 0 Å². The van der Waals surface area contributed by atoms with Crippen molar-refractivity contribution in [3.63, 3.8) is 0 Å². The summed E-state index contributed by atoms with van der Waals surface area (Å²) in [5.41, 5.74) is 8.63. The Morgan fingerprint density at radius 2 is 1.96 bits per heavy atom. The molecule has 0 aliphatic rings. The number of benzene rings is 1. The first kappa shape index (κ1) is 20.4. The molecule has 0 aliphatic carbocycles. The maximum absolute atomic E-state index is 13.1. The molecule has 1 aromatic rings. The van der Waals surface area contributed by atoms with Crippen LogP contribution in [0, 0.1) is 0 Å². The molecule has 0 bridgehead atoms. The number of ether oxygens (including phenoxy) is 1. The largest absolute Gasteiger partial charge is 0.466 e. The van der Waals surface area contributed by atoms with Crippen molar-refractivity contribution in [3.05, 3.63) is 28.8 Å². The monoisotopic (exact) mass is 370 g/mol. The third-order valence-electron chi connectivity index (χ3n) is 3.20. The first-order chi connectivity index (χ1) is 10.9. The minimum atomic E-state index is -4.81. The van der Waals surface area contributed by atoms with Crippen molar-refractivity contribution in [2.45, 2.75) is 31.7 Å². The quantitative estimate of drug-likeness (QED) is 0.341. The Bertz CT molecular complexity index is 660. The lowest BCUT2D eigenvalue weighted by Crippen LogP contribution is -2.17. The van der Waals surface area contributed by atoms with E-state index in [4.69, 9.17) is 21.3 Å². The van der Waals surface area contributed by atoms with Crippen LogP contribution in [0.1, 0.15) is 35.8 Å². The average molecular weight is 370 g/mol. The maximum atomic E-state index is 13.1. The van der Waals surface area contributed by atoms with E-state index in [0.29, 0.717) is 6.07 Å². The van der Waals surface area contributed by atoms with E-state index >= 15 is 0 Å². The number of esters is 1. The van der Waals surface area contributed by atoms with Crippen LogP contribution < -0.4 is 11.5 Å². The second-order valence-electron chi connectivity index (χ2n) is 4.97. The number of hydrogen-bond acceptors (Lipinski definition) is 5. The van der Waals surface area contributed by atoms with E-state index in [1.165, 1.54) is 0 Å². The second kappa shape index (κ2) is 7.52. The molecule has 0 spiro atoms. The zero-order chi connectivity index (χ0) is 18.7. The fourth-order valence-corrected chi connectivity index (χ4v) is 2.64. The molecule has 1 aromatic carbocycles. The Morgan fingerprint density at radius 3 is 2.42 bits per heavy atom. The molecule has 1 unspecified atom stereocenters. The number of carbonyl (C=O) groups excluding carboxylic acids is 1. The molecule has 136 valence electrons. The van der Waals surface area contributed by atoms with E-state index in [1.54, 1.807) is 6.92 Å². The Hall–Kier alpha value is -1.61. The molecule has 0 fully saturated rings. The van der Waals surface area contributed by atoms with Crippen molar-refractivity contribution in [1.29, 1.82) is 0 Å². The molecule has 6 N–H and O–H groups in total. The van der Waals surface area contributed by atoms with Crippen molar-refractivity contribution in [2.24, 2.45) is 5.73 Å². The van der Waals surface area contributed by atoms with Gasteiger partial charge in [0.15, 0.2) is 0 Å². The number of alkyl halides is 3. The average Bonchev–Trinajstić information content (AvgIpc) is 2.43. The number of aryl methyl sites for hydroxylation is 1. The fourth-order valence-electron chi connectivity index (χ4n) is 2.06. The minimum Gasteiger partial charge on any atom is -0.466 e. The summed E-state index contributed by atoms with van der Waals surface area (Å²) >= 11 is 0. The van der Waals surface area contributed by atoms with E-state index < -0.39 is 36.8 Å². The van der Waals surface area contributed by atoms with Gasteiger partial charge in [-0.15, -0.1) is 0 Å². The standard InChI is InChI=1S/C13H18F3N2O5P/c1-2-23-11(19)4-3-7-5-8(12(18)24(20,21)22)10(17)6-9(7)13(14,15)16/h5-6,12H,2-4,17-18H2,1H3,(H2,20,21,22). The lowest BCUT2D eigenvalue weighted by molar-refractivity contribution is -0.144. The van der Waals surface area contributed by atoms with Crippen molar-refractivity contribution in [1.82, 2.24) is 0 Å². The van der Waals surface area contributed by atoms with Gasteiger partial charge in [-0.1, -0.05) is 6.07 Å². The molecule has 0 radical (unpaired) electrons. The van der Waals surface area contributed by atoms with Gasteiger partial charge < -0.3 is 26.0 Å². The molecule has 0 saturated carbocycles. The highest BCUT2D eigenvalue weighted by Gasteiger charge is 2.36. The van der Waals surface area contributed by atoms with Crippen LogP contribution in [0.5, 0.6) is 0 Å². The molecular weight excluding hydrogens is 352 g/mol. The zero-order valence-corrected chi connectivity index (χ0v) is 13.6. The lowest BCUT2D eigenvalue weighted by atomic mass is 9.97. The number of carbonyl (C=O) groups is 1. The predicted molar refractivity (Wildman–Crippen MR) is 79.8 cm³/mol. The molecule has 1 rings (SSSR count). The smallest absolute Gasteiger partial charge is 0.416 e. The van der Waals surface area contributed by atoms with Crippen molar-refractivity contribution < 1.29 is 37.1 Å². The van der Waals surface area contributed by atoms with Crippen LogP contribution in [0.4, 0.5) is 18.9 Å². The van der Waals surface area contributed by atoms with Gasteiger partial charge in [-0.05, 0) is 25.0 Å². The normalized spacial score (nSPS) is 13.6. The Kier molecular flexibility index (Phi) is 6.40.